The van der Waals surface area contributed by atoms with Crippen LogP contribution in [0.1, 0.15) is 12.0 Å². The average molecular weight is 319 g/mol. The summed E-state index contributed by atoms with van der Waals surface area (Å²) in [5, 5.41) is 3.20. The summed E-state index contributed by atoms with van der Waals surface area (Å²) in [5.41, 5.74) is 1.09. The van der Waals surface area contributed by atoms with Crippen molar-refractivity contribution in [2.45, 2.75) is 13.3 Å². The maximum atomic E-state index is 11.3. The Kier molecular flexibility index (Phi) is 3.73. The maximum Gasteiger partial charge on any atom is 0.150 e. The smallest absolute Gasteiger partial charge is 0.150 e. The molecule has 0 amide bonds. The number of hydrogen-bond acceptors (Lipinski definition) is 4. The maximum absolute atomic E-state index is 11.3. The van der Waals surface area contributed by atoms with Crippen molar-refractivity contribution in [3.63, 3.8) is 0 Å². The summed E-state index contributed by atoms with van der Waals surface area (Å²) in [4.78, 5) is 4.27. The first-order chi connectivity index (χ1) is 7.96. The fourth-order valence-electron chi connectivity index (χ4n) is 1.94. The third-order valence-corrected chi connectivity index (χ3v) is 5.30. The normalized spacial score (nSPS) is 22.6. The predicted molar refractivity (Wildman–Crippen MR) is 71.9 cm³/mol. The van der Waals surface area contributed by atoms with Gasteiger partial charge < -0.3 is 5.32 Å². The van der Waals surface area contributed by atoms with E-state index in [0.29, 0.717) is 18.1 Å². The Morgan fingerprint density at radius 3 is 2.94 bits per heavy atom. The lowest BCUT2D eigenvalue weighted by Gasteiger charge is -2.11. The van der Waals surface area contributed by atoms with E-state index < -0.39 is 9.84 Å². The van der Waals surface area contributed by atoms with Gasteiger partial charge in [0, 0.05) is 12.7 Å². The minimum Gasteiger partial charge on any atom is -0.369 e. The summed E-state index contributed by atoms with van der Waals surface area (Å²) in [6.45, 7) is 2.64. The summed E-state index contributed by atoms with van der Waals surface area (Å²) < 4.78 is 23.5. The quantitative estimate of drug-likeness (QED) is 0.926. The van der Waals surface area contributed by atoms with Gasteiger partial charge in [0.15, 0.2) is 9.84 Å². The van der Waals surface area contributed by atoms with Crippen LogP contribution in [0.15, 0.2) is 16.7 Å². The van der Waals surface area contributed by atoms with Gasteiger partial charge in [-0.2, -0.15) is 0 Å². The lowest BCUT2D eigenvalue weighted by Crippen LogP contribution is -2.16. The molecule has 0 spiro atoms. The van der Waals surface area contributed by atoms with E-state index in [4.69, 9.17) is 0 Å². The Labute approximate surface area is 110 Å². The molecule has 2 rings (SSSR count). The number of rotatable bonds is 3. The van der Waals surface area contributed by atoms with Crippen LogP contribution in [0.5, 0.6) is 0 Å². The van der Waals surface area contributed by atoms with Gasteiger partial charge in [0.05, 0.1) is 16.0 Å². The largest absolute Gasteiger partial charge is 0.369 e. The minimum atomic E-state index is -2.79. The summed E-state index contributed by atoms with van der Waals surface area (Å²) >= 11 is 3.44. The van der Waals surface area contributed by atoms with Gasteiger partial charge in [0.1, 0.15) is 5.82 Å². The number of nitrogens with one attached hydrogen (secondary N) is 1. The highest BCUT2D eigenvalue weighted by Crippen LogP contribution is 2.23. The first-order valence-electron chi connectivity index (χ1n) is 5.53. The Morgan fingerprint density at radius 1 is 1.59 bits per heavy atom. The van der Waals surface area contributed by atoms with Crippen LogP contribution in [0.25, 0.3) is 0 Å². The van der Waals surface area contributed by atoms with Crippen molar-refractivity contribution in [3.8, 4) is 0 Å². The molecule has 0 radical (unpaired) electrons. The molecular formula is C11H15BrN2O2S. The molecule has 0 saturated carbocycles. The molecule has 1 unspecified atom stereocenters. The molecule has 6 heteroatoms. The van der Waals surface area contributed by atoms with Crippen LogP contribution in [-0.4, -0.2) is 31.5 Å². The van der Waals surface area contributed by atoms with Crippen LogP contribution in [0.3, 0.4) is 0 Å². The van der Waals surface area contributed by atoms with Crippen LogP contribution in [0.4, 0.5) is 5.82 Å². The molecule has 1 fully saturated rings. The number of nitrogens with zero attached hydrogens (tertiary/aromatic N) is 1. The van der Waals surface area contributed by atoms with Gasteiger partial charge >= 0.3 is 0 Å². The zero-order valence-electron chi connectivity index (χ0n) is 9.61. The number of aromatic nitrogens is 1. The molecule has 17 heavy (non-hydrogen) atoms. The highest BCUT2D eigenvalue weighted by Gasteiger charge is 2.27. The second kappa shape index (κ2) is 4.94. The van der Waals surface area contributed by atoms with E-state index in [1.165, 1.54) is 0 Å². The summed E-state index contributed by atoms with van der Waals surface area (Å²) in [6, 6.07) is 1.99. The van der Waals surface area contributed by atoms with Gasteiger partial charge in [-0.05, 0) is 46.8 Å². The minimum absolute atomic E-state index is 0.204. The third-order valence-electron chi connectivity index (χ3n) is 2.86. The third kappa shape index (κ3) is 3.42. The van der Waals surface area contributed by atoms with E-state index in [1.807, 2.05) is 13.0 Å². The van der Waals surface area contributed by atoms with E-state index in [-0.39, 0.29) is 5.92 Å². The summed E-state index contributed by atoms with van der Waals surface area (Å²) in [5.74, 6) is 1.60. The van der Waals surface area contributed by atoms with Crippen LogP contribution in [-0.2, 0) is 9.84 Å². The number of pyridine rings is 1. The molecule has 4 nitrogen and oxygen atoms in total. The van der Waals surface area contributed by atoms with Crippen LogP contribution < -0.4 is 5.32 Å². The van der Waals surface area contributed by atoms with Gasteiger partial charge in [-0.25, -0.2) is 13.4 Å². The molecule has 94 valence electrons. The first-order valence-corrected chi connectivity index (χ1v) is 8.14. The Bertz CT molecular complexity index is 516. The zero-order valence-corrected chi connectivity index (χ0v) is 12.0. The monoisotopic (exact) mass is 318 g/mol. The molecule has 0 aliphatic carbocycles. The zero-order chi connectivity index (χ0) is 12.5. The average Bonchev–Trinajstić information content (AvgIpc) is 2.57. The SMILES string of the molecule is Cc1cnc(NCC2CCS(=O)(=O)C2)c(Br)c1. The van der Waals surface area contributed by atoms with Gasteiger partial charge in [0.25, 0.3) is 0 Å². The van der Waals surface area contributed by atoms with E-state index >= 15 is 0 Å². The molecule has 1 N–H and O–H groups in total. The molecule has 0 bridgehead atoms. The van der Waals surface area contributed by atoms with Gasteiger partial charge in [-0.3, -0.25) is 0 Å². The first kappa shape index (κ1) is 12.8. The number of halogens is 1. The van der Waals surface area contributed by atoms with Crippen molar-refractivity contribution in [1.29, 1.82) is 0 Å². The fraction of sp³-hybridized carbons (Fsp3) is 0.545. The van der Waals surface area contributed by atoms with Crippen molar-refractivity contribution in [3.05, 3.63) is 22.3 Å². The number of sulfone groups is 1. The number of aryl methyl sites for hydroxylation is 1. The van der Waals surface area contributed by atoms with E-state index in [1.54, 1.807) is 6.20 Å². The molecule has 1 aromatic heterocycles. The van der Waals surface area contributed by atoms with E-state index in [0.717, 1.165) is 22.3 Å². The van der Waals surface area contributed by atoms with Crippen LogP contribution in [0.2, 0.25) is 0 Å². The van der Waals surface area contributed by atoms with Gasteiger partial charge in [-0.15, -0.1) is 0 Å². The van der Waals surface area contributed by atoms with E-state index in [2.05, 4.69) is 26.2 Å². The number of anilines is 1. The topological polar surface area (TPSA) is 59.1 Å². The molecule has 1 aliphatic heterocycles. The highest BCUT2D eigenvalue weighted by atomic mass is 79.9. The van der Waals surface area contributed by atoms with Crippen molar-refractivity contribution < 1.29 is 8.42 Å². The Balaban J connectivity index is 1.95. The second-order valence-electron chi connectivity index (χ2n) is 4.49. The Morgan fingerprint density at radius 2 is 2.35 bits per heavy atom. The van der Waals surface area contributed by atoms with Crippen molar-refractivity contribution in [2.75, 3.05) is 23.4 Å². The standard InChI is InChI=1S/C11H15BrN2O2S/c1-8-4-10(12)11(13-5-8)14-6-9-2-3-17(15,16)7-9/h4-5,9H,2-3,6-7H2,1H3,(H,13,14). The molecule has 1 atom stereocenters. The molecule has 0 aromatic carbocycles. The lowest BCUT2D eigenvalue weighted by atomic mass is 10.1. The van der Waals surface area contributed by atoms with Crippen LogP contribution in [0, 0.1) is 12.8 Å². The predicted octanol–water partition coefficient (Wildman–Crippen LogP) is 2.00. The van der Waals surface area contributed by atoms with Crippen molar-refractivity contribution in [2.24, 2.45) is 5.92 Å². The summed E-state index contributed by atoms with van der Waals surface area (Å²) in [7, 11) is -2.79. The van der Waals surface area contributed by atoms with Gasteiger partial charge in [0.2, 0.25) is 0 Å². The van der Waals surface area contributed by atoms with Crippen molar-refractivity contribution >= 4 is 31.6 Å². The lowest BCUT2D eigenvalue weighted by molar-refractivity contribution is 0.595. The fourth-order valence-corrected chi connectivity index (χ4v) is 4.40. The second-order valence-corrected chi connectivity index (χ2v) is 7.58. The van der Waals surface area contributed by atoms with Crippen molar-refractivity contribution in [1.82, 2.24) is 4.98 Å². The highest BCUT2D eigenvalue weighted by molar-refractivity contribution is 9.10. The van der Waals surface area contributed by atoms with Gasteiger partial charge in [-0.1, -0.05) is 0 Å². The van der Waals surface area contributed by atoms with Crippen LogP contribution >= 0.6 is 15.9 Å². The molecule has 1 aromatic rings. The van der Waals surface area contributed by atoms with E-state index in [9.17, 15) is 8.42 Å². The molecule has 1 saturated heterocycles. The molecule has 1 aliphatic rings. The summed E-state index contributed by atoms with van der Waals surface area (Å²) in [6.07, 6.45) is 2.54. The molecule has 2 heterocycles. The number of hydrogen-bond donors (Lipinski definition) is 1. The molecular weight excluding hydrogens is 304 g/mol. The Hall–Kier alpha value is -0.620.